The minimum Gasteiger partial charge on any atom is -0.484 e. The predicted octanol–water partition coefficient (Wildman–Crippen LogP) is 2.54. The average Bonchev–Trinajstić information content (AvgIpc) is 2.89. The standard InChI is InChI=1S/C18H20F3N5O2/c1-12-6-14(7-13(2)16(12)28-10-18(19,20)21)9-24(3)11-26-17(27)25-5-4-22-8-15(25)23-26/h4-8H,9-11H2,1-3H3. The van der Waals surface area contributed by atoms with Gasteiger partial charge in [-0.3, -0.25) is 9.88 Å². The Morgan fingerprint density at radius 2 is 1.89 bits per heavy atom. The van der Waals surface area contributed by atoms with Crippen LogP contribution in [0.25, 0.3) is 5.65 Å². The van der Waals surface area contributed by atoms with E-state index in [2.05, 4.69) is 10.1 Å². The first kappa shape index (κ1) is 19.9. The zero-order valence-corrected chi connectivity index (χ0v) is 15.7. The zero-order chi connectivity index (χ0) is 20.5. The molecule has 0 radical (unpaired) electrons. The Morgan fingerprint density at radius 1 is 1.21 bits per heavy atom. The summed E-state index contributed by atoms with van der Waals surface area (Å²) in [6, 6.07) is 3.57. The molecule has 0 aliphatic carbocycles. The van der Waals surface area contributed by atoms with Gasteiger partial charge in [0.25, 0.3) is 0 Å². The Labute approximate surface area is 159 Å². The minimum atomic E-state index is -4.38. The van der Waals surface area contributed by atoms with Crippen LogP contribution in [-0.4, -0.2) is 43.9 Å². The first-order chi connectivity index (χ1) is 13.1. The Hall–Kier alpha value is -2.88. The summed E-state index contributed by atoms with van der Waals surface area (Å²) >= 11 is 0. The van der Waals surface area contributed by atoms with Gasteiger partial charge >= 0.3 is 11.9 Å². The third-order valence-electron chi connectivity index (χ3n) is 4.12. The molecule has 7 nitrogen and oxygen atoms in total. The monoisotopic (exact) mass is 395 g/mol. The maximum atomic E-state index is 12.4. The maximum Gasteiger partial charge on any atom is 0.422 e. The molecular formula is C18H20F3N5O2. The number of hydrogen-bond donors (Lipinski definition) is 0. The molecule has 0 saturated heterocycles. The van der Waals surface area contributed by atoms with Crippen molar-refractivity contribution in [3.05, 3.63) is 57.9 Å². The molecule has 28 heavy (non-hydrogen) atoms. The normalized spacial score (nSPS) is 12.1. The zero-order valence-electron chi connectivity index (χ0n) is 15.7. The molecule has 0 N–H and O–H groups in total. The van der Waals surface area contributed by atoms with E-state index in [-0.39, 0.29) is 18.1 Å². The second-order valence-electron chi connectivity index (χ2n) is 6.70. The fourth-order valence-electron chi connectivity index (χ4n) is 3.08. The molecule has 10 heteroatoms. The molecule has 2 aromatic heterocycles. The van der Waals surface area contributed by atoms with Crippen LogP contribution in [-0.2, 0) is 13.2 Å². The summed E-state index contributed by atoms with van der Waals surface area (Å²) in [5.41, 5.74) is 2.34. The Morgan fingerprint density at radius 3 is 2.50 bits per heavy atom. The number of halogens is 3. The molecular weight excluding hydrogens is 375 g/mol. The van der Waals surface area contributed by atoms with Crippen molar-refractivity contribution in [2.24, 2.45) is 0 Å². The summed E-state index contributed by atoms with van der Waals surface area (Å²) in [4.78, 5) is 18.1. The number of benzene rings is 1. The molecule has 0 amide bonds. The van der Waals surface area contributed by atoms with Crippen LogP contribution in [0.1, 0.15) is 16.7 Å². The van der Waals surface area contributed by atoms with Gasteiger partial charge in [-0.25, -0.2) is 9.20 Å². The molecule has 1 aromatic carbocycles. The highest BCUT2D eigenvalue weighted by atomic mass is 19.4. The Balaban J connectivity index is 1.72. The van der Waals surface area contributed by atoms with E-state index in [0.717, 1.165) is 5.56 Å². The van der Waals surface area contributed by atoms with E-state index >= 15 is 0 Å². The van der Waals surface area contributed by atoms with Crippen LogP contribution in [0, 0.1) is 13.8 Å². The van der Waals surface area contributed by atoms with Crippen LogP contribution in [0.5, 0.6) is 5.75 Å². The van der Waals surface area contributed by atoms with Crippen molar-refractivity contribution >= 4 is 5.65 Å². The van der Waals surface area contributed by atoms with Crippen LogP contribution in [0.4, 0.5) is 13.2 Å². The van der Waals surface area contributed by atoms with E-state index < -0.39 is 12.8 Å². The molecule has 0 aliphatic heterocycles. The van der Waals surface area contributed by atoms with Crippen LogP contribution in [0.2, 0.25) is 0 Å². The topological polar surface area (TPSA) is 64.7 Å². The second-order valence-corrected chi connectivity index (χ2v) is 6.70. The lowest BCUT2D eigenvalue weighted by molar-refractivity contribution is -0.153. The van der Waals surface area contributed by atoms with Gasteiger partial charge in [0.05, 0.1) is 12.9 Å². The quantitative estimate of drug-likeness (QED) is 0.642. The molecule has 0 fully saturated rings. The molecule has 0 atom stereocenters. The smallest absolute Gasteiger partial charge is 0.422 e. The van der Waals surface area contributed by atoms with Crippen molar-refractivity contribution in [1.82, 2.24) is 24.1 Å². The van der Waals surface area contributed by atoms with Gasteiger partial charge in [-0.15, -0.1) is 5.10 Å². The molecule has 150 valence electrons. The lowest BCUT2D eigenvalue weighted by Crippen LogP contribution is -2.30. The highest BCUT2D eigenvalue weighted by Crippen LogP contribution is 2.27. The lowest BCUT2D eigenvalue weighted by atomic mass is 10.1. The van der Waals surface area contributed by atoms with Gasteiger partial charge in [-0.2, -0.15) is 17.9 Å². The highest BCUT2D eigenvalue weighted by Gasteiger charge is 2.29. The molecule has 0 bridgehead atoms. The van der Waals surface area contributed by atoms with E-state index in [1.54, 1.807) is 32.2 Å². The Kier molecular flexibility index (Phi) is 5.41. The second kappa shape index (κ2) is 7.63. The van der Waals surface area contributed by atoms with Gasteiger partial charge in [-0.1, -0.05) is 12.1 Å². The van der Waals surface area contributed by atoms with Crippen LogP contribution in [0.3, 0.4) is 0 Å². The Bertz CT molecular complexity index is 1020. The van der Waals surface area contributed by atoms with E-state index in [0.29, 0.717) is 23.3 Å². The molecule has 0 saturated carbocycles. The van der Waals surface area contributed by atoms with Crippen LogP contribution >= 0.6 is 0 Å². The maximum absolute atomic E-state index is 12.4. The largest absolute Gasteiger partial charge is 0.484 e. The van der Waals surface area contributed by atoms with E-state index in [4.69, 9.17) is 4.74 Å². The van der Waals surface area contributed by atoms with Gasteiger partial charge in [-0.05, 0) is 37.6 Å². The number of hydrogen-bond acceptors (Lipinski definition) is 5. The summed E-state index contributed by atoms with van der Waals surface area (Å²) in [6.07, 6.45) is 0.185. The van der Waals surface area contributed by atoms with Crippen molar-refractivity contribution in [2.45, 2.75) is 33.2 Å². The first-order valence-corrected chi connectivity index (χ1v) is 8.51. The number of ether oxygens (including phenoxy) is 1. The molecule has 3 rings (SSSR count). The summed E-state index contributed by atoms with van der Waals surface area (Å²) < 4.78 is 44.9. The number of fused-ring (bicyclic) bond motifs is 1. The third kappa shape index (κ3) is 4.50. The minimum absolute atomic E-state index is 0.243. The third-order valence-corrected chi connectivity index (χ3v) is 4.12. The fraction of sp³-hybridized carbons (Fsp3) is 0.389. The highest BCUT2D eigenvalue weighted by molar-refractivity contribution is 5.43. The SMILES string of the molecule is Cc1cc(CN(C)Cn2nc3cnccn3c2=O)cc(C)c1OCC(F)(F)F. The van der Waals surface area contributed by atoms with Gasteiger partial charge in [0.2, 0.25) is 0 Å². The number of aromatic nitrogens is 4. The van der Waals surface area contributed by atoms with E-state index in [1.165, 1.54) is 21.5 Å². The van der Waals surface area contributed by atoms with Gasteiger partial charge in [0.15, 0.2) is 12.3 Å². The predicted molar refractivity (Wildman–Crippen MR) is 96.2 cm³/mol. The van der Waals surface area contributed by atoms with Crippen molar-refractivity contribution in [1.29, 1.82) is 0 Å². The summed E-state index contributed by atoms with van der Waals surface area (Å²) in [5.74, 6) is 0.243. The van der Waals surface area contributed by atoms with Gasteiger partial charge in [0, 0.05) is 18.9 Å². The number of alkyl halides is 3. The van der Waals surface area contributed by atoms with Gasteiger partial charge < -0.3 is 4.74 Å². The van der Waals surface area contributed by atoms with E-state index in [9.17, 15) is 18.0 Å². The molecule has 2 heterocycles. The summed E-state index contributed by atoms with van der Waals surface area (Å²) in [5, 5.41) is 4.23. The molecule has 3 aromatic rings. The molecule has 0 spiro atoms. The van der Waals surface area contributed by atoms with Crippen molar-refractivity contribution in [3.63, 3.8) is 0 Å². The van der Waals surface area contributed by atoms with E-state index in [1.807, 2.05) is 11.9 Å². The number of nitrogens with zero attached hydrogens (tertiary/aromatic N) is 5. The van der Waals surface area contributed by atoms with Crippen LogP contribution in [0.15, 0.2) is 35.5 Å². The summed E-state index contributed by atoms with van der Waals surface area (Å²) in [6.45, 7) is 2.84. The first-order valence-electron chi connectivity index (χ1n) is 8.51. The number of aryl methyl sites for hydroxylation is 2. The van der Waals surface area contributed by atoms with Crippen LogP contribution < -0.4 is 10.4 Å². The molecule has 0 unspecified atom stereocenters. The van der Waals surface area contributed by atoms with Gasteiger partial charge in [0.1, 0.15) is 5.75 Å². The fourth-order valence-corrected chi connectivity index (χ4v) is 3.08. The van der Waals surface area contributed by atoms with Crippen molar-refractivity contribution in [2.75, 3.05) is 13.7 Å². The summed E-state index contributed by atoms with van der Waals surface area (Å²) in [7, 11) is 1.83. The number of rotatable bonds is 6. The van der Waals surface area contributed by atoms with Crippen molar-refractivity contribution < 1.29 is 17.9 Å². The average molecular weight is 395 g/mol. The lowest BCUT2D eigenvalue weighted by Gasteiger charge is -2.19. The molecule has 0 aliphatic rings. The van der Waals surface area contributed by atoms with Crippen molar-refractivity contribution in [3.8, 4) is 5.75 Å².